The van der Waals surface area contributed by atoms with E-state index in [1.807, 2.05) is 18.2 Å². The summed E-state index contributed by atoms with van der Waals surface area (Å²) in [5.41, 5.74) is 1.02. The average Bonchev–Trinajstić information content (AvgIpc) is 2.03. The predicted molar refractivity (Wildman–Crippen MR) is 56.4 cm³/mol. The molecule has 3 heteroatoms. The van der Waals surface area contributed by atoms with Gasteiger partial charge in [0, 0.05) is 18.6 Å². The van der Waals surface area contributed by atoms with Crippen LogP contribution in [-0.4, -0.2) is 10.1 Å². The summed E-state index contributed by atoms with van der Waals surface area (Å²) in [4.78, 5) is 4.24. The highest BCUT2D eigenvalue weighted by molar-refractivity contribution is 7.90. The van der Waals surface area contributed by atoms with Crippen molar-refractivity contribution in [1.82, 2.24) is 4.98 Å². The fourth-order valence-corrected chi connectivity index (χ4v) is 2.19. The third-order valence-corrected chi connectivity index (χ3v) is 5.32. The van der Waals surface area contributed by atoms with Crippen LogP contribution in [0.25, 0.3) is 0 Å². The van der Waals surface area contributed by atoms with Crippen molar-refractivity contribution < 1.29 is 0 Å². The van der Waals surface area contributed by atoms with E-state index in [0.29, 0.717) is 0 Å². The molecule has 1 aromatic heterocycles. The molecule has 0 aliphatic carbocycles. The van der Waals surface area contributed by atoms with E-state index in [1.165, 1.54) is 0 Å². The fourth-order valence-electron chi connectivity index (χ4n) is 0.814. The smallest absolute Gasteiger partial charge is 0.0792 e. The van der Waals surface area contributed by atoms with Crippen LogP contribution in [0.5, 0.6) is 0 Å². The van der Waals surface area contributed by atoms with Gasteiger partial charge in [0.25, 0.3) is 0 Å². The Bertz CT molecular complexity index is 242. The Morgan fingerprint density at radius 1 is 1.33 bits per heavy atom. The molecule has 1 heterocycles. The number of rotatable bonds is 1. The minimum Gasteiger partial charge on any atom is -0.255 e. The van der Waals surface area contributed by atoms with Crippen molar-refractivity contribution >= 4 is 24.0 Å². The largest absolute Gasteiger partial charge is 0.255 e. The van der Waals surface area contributed by atoms with Crippen molar-refractivity contribution in [2.75, 3.05) is 0 Å². The number of halogens is 1. The molecule has 1 nitrogen and oxygen atoms in total. The van der Waals surface area contributed by atoms with Crippen LogP contribution in [0.1, 0.15) is 20.8 Å². The summed E-state index contributed by atoms with van der Waals surface area (Å²) in [5, 5.41) is 0.130. The molecule has 12 heavy (non-hydrogen) atoms. The predicted octanol–water partition coefficient (Wildman–Crippen LogP) is 3.14. The maximum absolute atomic E-state index is 6.28. The zero-order valence-corrected chi connectivity index (χ0v) is 9.23. The van der Waals surface area contributed by atoms with Gasteiger partial charge in [-0.15, -0.1) is 0 Å². The zero-order chi connectivity index (χ0) is 9.19. The molecule has 0 spiro atoms. The minimum atomic E-state index is -0.656. The van der Waals surface area contributed by atoms with E-state index in [-0.39, 0.29) is 5.16 Å². The van der Waals surface area contributed by atoms with Crippen molar-refractivity contribution in [3.8, 4) is 0 Å². The van der Waals surface area contributed by atoms with E-state index >= 15 is 0 Å². The summed E-state index contributed by atoms with van der Waals surface area (Å²) in [6.07, 6.45) is 1.79. The Hall–Kier alpha value is -0.130. The minimum absolute atomic E-state index is 0.130. The highest BCUT2D eigenvalue weighted by atomic mass is 35.7. The molecule has 0 bridgehead atoms. The molecule has 0 unspecified atom stereocenters. The Morgan fingerprint density at radius 2 is 2.00 bits per heavy atom. The Kier molecular flexibility index (Phi) is 3.09. The molecule has 66 valence electrons. The lowest BCUT2D eigenvalue weighted by Crippen LogP contribution is -2.17. The molecule has 0 aromatic carbocycles. The van der Waals surface area contributed by atoms with Crippen molar-refractivity contribution in [1.29, 1.82) is 0 Å². The lowest BCUT2D eigenvalue weighted by molar-refractivity contribution is 0.795. The molecule has 0 radical (unpaired) electrons. The number of nitrogens with zero attached hydrogens (tertiary/aromatic N) is 1. The fraction of sp³-hybridized carbons (Fsp3) is 0.444. The maximum atomic E-state index is 6.28. The van der Waals surface area contributed by atoms with E-state index in [9.17, 15) is 0 Å². The molecule has 0 saturated carbocycles. The van der Waals surface area contributed by atoms with Gasteiger partial charge in [-0.1, -0.05) is 38.1 Å². The molecule has 1 rings (SSSR count). The second-order valence-corrected chi connectivity index (χ2v) is 7.02. The molecule has 0 N–H and O–H groups in total. The van der Waals surface area contributed by atoms with Gasteiger partial charge in [0.2, 0.25) is 0 Å². The topological polar surface area (TPSA) is 12.9 Å². The molecule has 0 aliphatic rings. The van der Waals surface area contributed by atoms with Crippen LogP contribution >= 0.6 is 18.5 Å². The second kappa shape index (κ2) is 3.72. The molecule has 0 fully saturated rings. The molecular formula is C9H13ClNP. The summed E-state index contributed by atoms with van der Waals surface area (Å²) in [7, 11) is -0.656. The van der Waals surface area contributed by atoms with Gasteiger partial charge in [-0.2, -0.15) is 0 Å². The van der Waals surface area contributed by atoms with Crippen LogP contribution in [0.15, 0.2) is 24.4 Å². The Labute approximate surface area is 79.7 Å². The summed E-state index contributed by atoms with van der Waals surface area (Å²) in [5.74, 6) is 0. The third-order valence-electron chi connectivity index (χ3n) is 1.44. The number of hydrogen-bond acceptors (Lipinski definition) is 1. The van der Waals surface area contributed by atoms with Gasteiger partial charge in [-0.3, -0.25) is 4.98 Å². The van der Waals surface area contributed by atoms with Crippen LogP contribution in [0.4, 0.5) is 0 Å². The zero-order valence-electron chi connectivity index (χ0n) is 7.58. The molecule has 0 saturated heterocycles. The second-order valence-electron chi connectivity index (χ2n) is 3.64. The first-order chi connectivity index (χ1) is 5.52. The molecule has 1 aromatic rings. The molecular weight excluding hydrogens is 189 g/mol. The van der Waals surface area contributed by atoms with E-state index in [2.05, 4.69) is 25.8 Å². The lowest BCUT2D eigenvalue weighted by atomic mass is 10.3. The van der Waals surface area contributed by atoms with E-state index in [4.69, 9.17) is 11.2 Å². The normalized spacial score (nSPS) is 14.3. The highest BCUT2D eigenvalue weighted by Gasteiger charge is 2.24. The average molecular weight is 202 g/mol. The van der Waals surface area contributed by atoms with Gasteiger partial charge < -0.3 is 0 Å². The molecule has 0 aliphatic heterocycles. The van der Waals surface area contributed by atoms with Gasteiger partial charge in [0.1, 0.15) is 0 Å². The van der Waals surface area contributed by atoms with Crippen LogP contribution in [0, 0.1) is 0 Å². The first-order valence-corrected chi connectivity index (χ1v) is 6.13. The SMILES string of the molecule is CC(C)(C)[P@@](Cl)c1ccccn1. The van der Waals surface area contributed by atoms with Crippen LogP contribution < -0.4 is 5.44 Å². The van der Waals surface area contributed by atoms with E-state index in [1.54, 1.807) is 6.20 Å². The number of aromatic nitrogens is 1. The van der Waals surface area contributed by atoms with Gasteiger partial charge >= 0.3 is 0 Å². The van der Waals surface area contributed by atoms with Crippen LogP contribution in [0.3, 0.4) is 0 Å². The maximum Gasteiger partial charge on any atom is 0.0792 e. The first-order valence-electron chi connectivity index (χ1n) is 3.89. The van der Waals surface area contributed by atoms with Crippen molar-refractivity contribution in [2.45, 2.75) is 25.9 Å². The summed E-state index contributed by atoms with van der Waals surface area (Å²) < 4.78 is 0. The van der Waals surface area contributed by atoms with E-state index < -0.39 is 7.27 Å². The lowest BCUT2D eigenvalue weighted by Gasteiger charge is -2.24. The third kappa shape index (κ3) is 2.43. The van der Waals surface area contributed by atoms with Gasteiger partial charge in [-0.25, -0.2) is 0 Å². The Morgan fingerprint density at radius 3 is 2.42 bits per heavy atom. The van der Waals surface area contributed by atoms with Gasteiger partial charge in [-0.05, 0) is 12.1 Å². The first kappa shape index (κ1) is 9.95. The van der Waals surface area contributed by atoms with Crippen molar-refractivity contribution in [3.05, 3.63) is 24.4 Å². The van der Waals surface area contributed by atoms with Gasteiger partial charge in [0.15, 0.2) is 0 Å². The van der Waals surface area contributed by atoms with Crippen molar-refractivity contribution in [3.63, 3.8) is 0 Å². The summed E-state index contributed by atoms with van der Waals surface area (Å²) in [6.45, 7) is 6.42. The quantitative estimate of drug-likeness (QED) is 0.637. The molecule has 0 amide bonds. The summed E-state index contributed by atoms with van der Waals surface area (Å²) in [6, 6.07) is 5.88. The summed E-state index contributed by atoms with van der Waals surface area (Å²) >= 11 is 6.28. The monoisotopic (exact) mass is 201 g/mol. The molecule has 1 atom stereocenters. The van der Waals surface area contributed by atoms with Crippen LogP contribution in [0.2, 0.25) is 0 Å². The number of pyridine rings is 1. The van der Waals surface area contributed by atoms with Gasteiger partial charge in [0.05, 0.1) is 5.44 Å². The van der Waals surface area contributed by atoms with E-state index in [0.717, 1.165) is 5.44 Å². The van der Waals surface area contributed by atoms with Crippen molar-refractivity contribution in [2.24, 2.45) is 0 Å². The Balaban J connectivity index is 2.86. The number of hydrogen-bond donors (Lipinski definition) is 0. The standard InChI is InChI=1S/C9H13ClNP/c1-9(2,3)12(10)8-6-4-5-7-11-8/h4-7H,1-3H3/t12-/m0/s1. The van der Waals surface area contributed by atoms with Crippen LogP contribution in [-0.2, 0) is 0 Å². The highest BCUT2D eigenvalue weighted by Crippen LogP contribution is 2.51.